The summed E-state index contributed by atoms with van der Waals surface area (Å²) in [5, 5.41) is 7.53. The average Bonchev–Trinajstić information content (AvgIpc) is 2.62. The van der Waals surface area contributed by atoms with E-state index in [4.69, 9.17) is 14.6 Å². The van der Waals surface area contributed by atoms with Crippen LogP contribution < -0.4 is 15.2 Å². The molecule has 144 valence electrons. The second kappa shape index (κ2) is 8.65. The van der Waals surface area contributed by atoms with Gasteiger partial charge in [0.15, 0.2) is 12.2 Å². The summed E-state index contributed by atoms with van der Waals surface area (Å²) in [4.78, 5) is 24.1. The smallest absolute Gasteiger partial charge is 0.347 e. The first-order chi connectivity index (χ1) is 12.7. The van der Waals surface area contributed by atoms with Gasteiger partial charge in [0.1, 0.15) is 5.75 Å². The van der Waals surface area contributed by atoms with E-state index in [2.05, 4.69) is 5.32 Å². The number of primary sulfonamides is 1. The molecule has 0 aliphatic heterocycles. The minimum absolute atomic E-state index is 0.0770. The number of hydrogen-bond acceptors (Lipinski definition) is 6. The molecule has 0 saturated heterocycles. The van der Waals surface area contributed by atoms with E-state index in [-0.39, 0.29) is 4.90 Å². The maximum Gasteiger partial charge on any atom is 0.347 e. The van der Waals surface area contributed by atoms with Crippen molar-refractivity contribution in [2.24, 2.45) is 5.14 Å². The van der Waals surface area contributed by atoms with Crippen LogP contribution in [0.3, 0.4) is 0 Å². The molecule has 2 atom stereocenters. The van der Waals surface area contributed by atoms with Crippen LogP contribution in [0.25, 0.3) is 0 Å². The lowest BCUT2D eigenvalue weighted by Gasteiger charge is -2.17. The summed E-state index contributed by atoms with van der Waals surface area (Å²) >= 11 is 0. The van der Waals surface area contributed by atoms with Gasteiger partial charge in [-0.3, -0.25) is 4.79 Å². The first kappa shape index (κ1) is 20.4. The molecule has 3 N–H and O–H groups in total. The number of anilines is 1. The molecule has 0 spiro atoms. The van der Waals surface area contributed by atoms with Crippen LogP contribution in [0.2, 0.25) is 0 Å². The standard InChI is InChI=1S/C18H20N2O6S/c1-12(26-18(22)13(2)25-15-6-4-3-5-7-15)17(21)20-14-8-10-16(11-9-14)27(19,23)24/h3-13H,1-2H3,(H,20,21)(H2,19,23,24)/t12-,13+/m0/s1. The third-order valence-corrected chi connectivity index (χ3v) is 4.43. The molecule has 0 saturated carbocycles. The molecule has 0 heterocycles. The average molecular weight is 392 g/mol. The summed E-state index contributed by atoms with van der Waals surface area (Å²) < 4.78 is 33.0. The summed E-state index contributed by atoms with van der Waals surface area (Å²) in [5.41, 5.74) is 0.337. The largest absolute Gasteiger partial charge is 0.479 e. The summed E-state index contributed by atoms with van der Waals surface area (Å²) in [5.74, 6) is -0.751. The Hall–Kier alpha value is -2.91. The molecule has 2 aromatic carbocycles. The van der Waals surface area contributed by atoms with Crippen LogP contribution in [0.1, 0.15) is 13.8 Å². The van der Waals surface area contributed by atoms with E-state index in [0.29, 0.717) is 11.4 Å². The van der Waals surface area contributed by atoms with Crippen molar-refractivity contribution < 1.29 is 27.5 Å². The van der Waals surface area contributed by atoms with E-state index in [9.17, 15) is 18.0 Å². The molecule has 0 aromatic heterocycles. The van der Waals surface area contributed by atoms with Gasteiger partial charge in [0, 0.05) is 5.69 Å². The molecule has 8 nitrogen and oxygen atoms in total. The van der Waals surface area contributed by atoms with Gasteiger partial charge in [0.2, 0.25) is 10.0 Å². The fraction of sp³-hybridized carbons (Fsp3) is 0.222. The zero-order valence-corrected chi connectivity index (χ0v) is 15.6. The van der Waals surface area contributed by atoms with Gasteiger partial charge in [-0.05, 0) is 50.2 Å². The predicted octanol–water partition coefficient (Wildman–Crippen LogP) is 1.67. The predicted molar refractivity (Wildman–Crippen MR) is 98.5 cm³/mol. The van der Waals surface area contributed by atoms with Gasteiger partial charge in [0.25, 0.3) is 5.91 Å². The van der Waals surface area contributed by atoms with Crippen LogP contribution in [0.5, 0.6) is 5.75 Å². The Kier molecular flexibility index (Phi) is 6.54. The Labute approximate surface area is 157 Å². The summed E-state index contributed by atoms with van der Waals surface area (Å²) in [6.07, 6.45) is -1.96. The Bertz CT molecular complexity index is 897. The van der Waals surface area contributed by atoms with Gasteiger partial charge in [-0.1, -0.05) is 18.2 Å². The van der Waals surface area contributed by atoms with E-state index in [0.717, 1.165) is 0 Å². The Balaban J connectivity index is 1.90. The van der Waals surface area contributed by atoms with Crippen molar-refractivity contribution in [3.8, 4) is 5.75 Å². The van der Waals surface area contributed by atoms with E-state index >= 15 is 0 Å². The quantitative estimate of drug-likeness (QED) is 0.691. The normalized spacial score (nSPS) is 13.3. The lowest BCUT2D eigenvalue weighted by molar-refractivity contribution is -0.159. The molecule has 0 aliphatic carbocycles. The van der Waals surface area contributed by atoms with Crippen LogP contribution in [0.15, 0.2) is 59.5 Å². The van der Waals surface area contributed by atoms with E-state index in [1.54, 1.807) is 24.3 Å². The maximum absolute atomic E-state index is 12.1. The Morgan fingerprint density at radius 1 is 0.963 bits per heavy atom. The summed E-state index contributed by atoms with van der Waals surface area (Å²) in [6, 6.07) is 14.0. The van der Waals surface area contributed by atoms with Crippen molar-refractivity contribution >= 4 is 27.6 Å². The second-order valence-corrected chi connectivity index (χ2v) is 7.27. The van der Waals surface area contributed by atoms with Crippen molar-refractivity contribution in [1.29, 1.82) is 0 Å². The zero-order chi connectivity index (χ0) is 20.0. The molecule has 27 heavy (non-hydrogen) atoms. The zero-order valence-electron chi connectivity index (χ0n) is 14.8. The molecule has 0 radical (unpaired) electrons. The van der Waals surface area contributed by atoms with Crippen molar-refractivity contribution in [3.63, 3.8) is 0 Å². The third kappa shape index (κ3) is 6.08. The first-order valence-electron chi connectivity index (χ1n) is 8.03. The van der Waals surface area contributed by atoms with Gasteiger partial charge in [-0.2, -0.15) is 0 Å². The van der Waals surface area contributed by atoms with Gasteiger partial charge in [-0.15, -0.1) is 0 Å². The lowest BCUT2D eigenvalue weighted by Crippen LogP contribution is -2.35. The number of carbonyl (C=O) groups is 2. The molecule has 9 heteroatoms. The van der Waals surface area contributed by atoms with Crippen molar-refractivity contribution in [2.75, 3.05) is 5.32 Å². The van der Waals surface area contributed by atoms with Crippen molar-refractivity contribution in [2.45, 2.75) is 31.0 Å². The highest BCUT2D eigenvalue weighted by molar-refractivity contribution is 7.89. The SMILES string of the molecule is C[C@H](OC(=O)[C@@H](C)Oc1ccccc1)C(=O)Nc1ccc(S(N)(=O)=O)cc1. The maximum atomic E-state index is 12.1. The highest BCUT2D eigenvalue weighted by Crippen LogP contribution is 2.14. The second-order valence-electron chi connectivity index (χ2n) is 5.71. The molecule has 2 rings (SSSR count). The number of nitrogens with one attached hydrogen (secondary N) is 1. The van der Waals surface area contributed by atoms with Crippen LogP contribution in [-0.4, -0.2) is 32.5 Å². The highest BCUT2D eigenvalue weighted by Gasteiger charge is 2.23. The molecule has 0 bridgehead atoms. The minimum Gasteiger partial charge on any atom is -0.479 e. The van der Waals surface area contributed by atoms with Gasteiger partial charge < -0.3 is 14.8 Å². The van der Waals surface area contributed by atoms with Gasteiger partial charge in [0.05, 0.1) is 4.90 Å². The summed E-state index contributed by atoms with van der Waals surface area (Å²) in [6.45, 7) is 2.94. The number of hydrogen-bond donors (Lipinski definition) is 2. The molecule has 1 amide bonds. The number of sulfonamides is 1. The number of nitrogens with two attached hydrogens (primary N) is 1. The van der Waals surface area contributed by atoms with Crippen molar-refractivity contribution in [3.05, 3.63) is 54.6 Å². The summed E-state index contributed by atoms with van der Waals surface area (Å²) in [7, 11) is -3.81. The number of benzene rings is 2. The molecular formula is C18H20N2O6S. The Morgan fingerprint density at radius 2 is 1.56 bits per heavy atom. The number of esters is 1. The first-order valence-corrected chi connectivity index (χ1v) is 9.57. The van der Waals surface area contributed by atoms with Crippen LogP contribution in [0.4, 0.5) is 5.69 Å². The minimum atomic E-state index is -3.81. The lowest BCUT2D eigenvalue weighted by atomic mass is 10.3. The third-order valence-electron chi connectivity index (χ3n) is 3.50. The number of para-hydroxylation sites is 1. The van der Waals surface area contributed by atoms with E-state index in [1.807, 2.05) is 6.07 Å². The van der Waals surface area contributed by atoms with Crippen LogP contribution >= 0.6 is 0 Å². The van der Waals surface area contributed by atoms with Crippen LogP contribution in [0, 0.1) is 0 Å². The molecular weight excluding hydrogens is 372 g/mol. The van der Waals surface area contributed by atoms with Gasteiger partial charge in [-0.25, -0.2) is 18.4 Å². The number of rotatable bonds is 7. The van der Waals surface area contributed by atoms with E-state index in [1.165, 1.54) is 38.1 Å². The number of amides is 1. The molecule has 0 unspecified atom stereocenters. The van der Waals surface area contributed by atoms with Crippen LogP contribution in [-0.2, 0) is 24.3 Å². The topological polar surface area (TPSA) is 125 Å². The molecule has 0 aliphatic rings. The molecule has 0 fully saturated rings. The number of ether oxygens (including phenoxy) is 2. The van der Waals surface area contributed by atoms with Gasteiger partial charge >= 0.3 is 5.97 Å². The van der Waals surface area contributed by atoms with E-state index < -0.39 is 34.1 Å². The molecule has 2 aromatic rings. The number of carbonyl (C=O) groups excluding carboxylic acids is 2. The monoisotopic (exact) mass is 392 g/mol. The fourth-order valence-corrected chi connectivity index (χ4v) is 2.56. The van der Waals surface area contributed by atoms with Crippen molar-refractivity contribution in [1.82, 2.24) is 0 Å². The fourth-order valence-electron chi connectivity index (χ4n) is 2.05. The highest BCUT2D eigenvalue weighted by atomic mass is 32.2. The Morgan fingerprint density at radius 3 is 2.11 bits per heavy atom.